The molecule has 1 aromatic heterocycles. The van der Waals surface area contributed by atoms with Crippen molar-refractivity contribution in [3.8, 4) is 11.1 Å². The average Bonchev–Trinajstić information content (AvgIpc) is 3.30. The number of hydrogen-bond acceptors (Lipinski definition) is 7. The zero-order chi connectivity index (χ0) is 28.5. The molecule has 0 unspecified atom stereocenters. The van der Waals surface area contributed by atoms with Crippen molar-refractivity contribution in [1.29, 1.82) is 0 Å². The van der Waals surface area contributed by atoms with Crippen LogP contribution in [0.3, 0.4) is 0 Å². The lowest BCUT2D eigenvalue weighted by Crippen LogP contribution is -2.49. The number of nitrogens with one attached hydrogen (secondary N) is 2. The predicted molar refractivity (Wildman–Crippen MR) is 149 cm³/mol. The molecule has 1 heterocycles. The highest BCUT2D eigenvalue weighted by molar-refractivity contribution is 7.06. The van der Waals surface area contributed by atoms with Gasteiger partial charge in [0.15, 0.2) is 0 Å². The van der Waals surface area contributed by atoms with E-state index in [2.05, 4.69) is 15.0 Å². The maximum absolute atomic E-state index is 14.5. The van der Waals surface area contributed by atoms with Crippen LogP contribution in [-0.4, -0.2) is 34.9 Å². The number of halogens is 1. The van der Waals surface area contributed by atoms with E-state index in [-0.39, 0.29) is 25.3 Å². The molecule has 0 saturated heterocycles. The molecule has 10 heteroatoms. The Balaban J connectivity index is 1.44. The molecule has 0 radical (unpaired) electrons. The molecule has 2 N–H and O–H groups in total. The number of hydrogen-bond donors (Lipinski definition) is 2. The SMILES string of the molecule is Cc1nsc(C)c1-c1cc(F)cc(C(=O)NC[C@@H](NC(=O)OCc2ccccc2)C(=O)OCc2ccccc2)c1. The number of alkyl carbamates (subject to hydrolysis) is 1. The second kappa shape index (κ2) is 13.5. The summed E-state index contributed by atoms with van der Waals surface area (Å²) in [7, 11) is 0. The molecule has 4 aromatic rings. The van der Waals surface area contributed by atoms with E-state index in [0.29, 0.717) is 5.56 Å². The van der Waals surface area contributed by atoms with Crippen molar-refractivity contribution in [1.82, 2.24) is 15.0 Å². The highest BCUT2D eigenvalue weighted by Crippen LogP contribution is 2.30. The minimum atomic E-state index is -1.26. The molecule has 206 valence electrons. The van der Waals surface area contributed by atoms with Gasteiger partial charge in [0.05, 0.1) is 5.69 Å². The fourth-order valence-electron chi connectivity index (χ4n) is 3.99. The van der Waals surface area contributed by atoms with Gasteiger partial charge in [-0.05, 0) is 60.3 Å². The Hall–Kier alpha value is -4.57. The third-order valence-electron chi connectivity index (χ3n) is 5.96. The smallest absolute Gasteiger partial charge is 0.408 e. The molecular formula is C30H28FN3O5S. The zero-order valence-electron chi connectivity index (χ0n) is 22.0. The monoisotopic (exact) mass is 561 g/mol. The van der Waals surface area contributed by atoms with Gasteiger partial charge in [-0.25, -0.2) is 14.0 Å². The van der Waals surface area contributed by atoms with E-state index in [0.717, 1.165) is 33.3 Å². The molecule has 40 heavy (non-hydrogen) atoms. The first-order valence-electron chi connectivity index (χ1n) is 12.5. The van der Waals surface area contributed by atoms with Crippen molar-refractivity contribution in [3.63, 3.8) is 0 Å². The number of ether oxygens (including phenoxy) is 2. The molecule has 0 bridgehead atoms. The van der Waals surface area contributed by atoms with Crippen LogP contribution in [0.15, 0.2) is 78.9 Å². The highest BCUT2D eigenvalue weighted by Gasteiger charge is 2.25. The molecule has 0 fully saturated rings. The van der Waals surface area contributed by atoms with Gasteiger partial charge in [0.25, 0.3) is 5.91 Å². The molecular weight excluding hydrogens is 533 g/mol. The fraction of sp³-hybridized carbons (Fsp3) is 0.200. The van der Waals surface area contributed by atoms with Crippen LogP contribution in [0.25, 0.3) is 11.1 Å². The van der Waals surface area contributed by atoms with Gasteiger partial charge in [-0.3, -0.25) is 4.79 Å². The van der Waals surface area contributed by atoms with E-state index < -0.39 is 29.8 Å². The Morgan fingerprint density at radius 1 is 0.900 bits per heavy atom. The van der Waals surface area contributed by atoms with Crippen molar-refractivity contribution in [2.45, 2.75) is 33.1 Å². The van der Waals surface area contributed by atoms with E-state index in [1.54, 1.807) is 30.3 Å². The van der Waals surface area contributed by atoms with Gasteiger partial charge in [-0.1, -0.05) is 60.7 Å². The summed E-state index contributed by atoms with van der Waals surface area (Å²) in [5, 5.41) is 5.06. The Morgan fingerprint density at radius 2 is 1.52 bits per heavy atom. The first kappa shape index (κ1) is 28.4. The van der Waals surface area contributed by atoms with Crippen molar-refractivity contribution in [2.75, 3.05) is 6.54 Å². The average molecular weight is 562 g/mol. The lowest BCUT2D eigenvalue weighted by molar-refractivity contribution is -0.147. The maximum Gasteiger partial charge on any atom is 0.408 e. The first-order chi connectivity index (χ1) is 19.3. The van der Waals surface area contributed by atoms with Crippen molar-refractivity contribution >= 4 is 29.5 Å². The Bertz CT molecular complexity index is 1460. The Kier molecular flexibility index (Phi) is 9.58. The second-order valence-corrected chi connectivity index (χ2v) is 9.97. The zero-order valence-corrected chi connectivity index (χ0v) is 22.8. The van der Waals surface area contributed by atoms with Crippen LogP contribution in [0.5, 0.6) is 0 Å². The lowest BCUT2D eigenvalue weighted by atomic mass is 10.0. The number of amides is 2. The molecule has 1 atom stereocenters. The van der Waals surface area contributed by atoms with Crippen molar-refractivity contribution < 1.29 is 28.2 Å². The molecule has 0 aliphatic carbocycles. The van der Waals surface area contributed by atoms with Crippen molar-refractivity contribution in [2.24, 2.45) is 0 Å². The van der Waals surface area contributed by atoms with Crippen LogP contribution in [0.2, 0.25) is 0 Å². The Morgan fingerprint density at radius 3 is 2.12 bits per heavy atom. The number of rotatable bonds is 10. The van der Waals surface area contributed by atoms with Crippen LogP contribution in [0.1, 0.15) is 32.1 Å². The van der Waals surface area contributed by atoms with E-state index >= 15 is 0 Å². The van der Waals surface area contributed by atoms with E-state index in [4.69, 9.17) is 9.47 Å². The molecule has 8 nitrogen and oxygen atoms in total. The standard InChI is InChI=1S/C30H28FN3O5S/c1-19-27(20(2)40-34-19)23-13-24(15-25(31)14-23)28(35)32-16-26(29(36)38-17-21-9-5-3-6-10-21)33-30(37)39-18-22-11-7-4-8-12-22/h3-15,26H,16-18H2,1-2H3,(H,32,35)(H,33,37)/t26-/m1/s1. The number of aromatic nitrogens is 1. The van der Waals surface area contributed by atoms with Gasteiger partial charge in [-0.2, -0.15) is 4.37 Å². The summed E-state index contributed by atoms with van der Waals surface area (Å²) in [6.45, 7) is 3.35. The third kappa shape index (κ3) is 7.73. The van der Waals surface area contributed by atoms with Crippen LogP contribution in [0, 0.1) is 19.7 Å². The van der Waals surface area contributed by atoms with E-state index in [9.17, 15) is 18.8 Å². The molecule has 4 rings (SSSR count). The summed E-state index contributed by atoms with van der Waals surface area (Å²) in [4.78, 5) is 39.3. The third-order valence-corrected chi connectivity index (χ3v) is 6.81. The first-order valence-corrected chi connectivity index (χ1v) is 13.3. The number of aryl methyl sites for hydroxylation is 2. The van der Waals surface area contributed by atoms with Gasteiger partial charge in [0.1, 0.15) is 25.1 Å². The minimum absolute atomic E-state index is 0.00679. The predicted octanol–water partition coefficient (Wildman–Crippen LogP) is 5.33. The molecule has 2 amide bonds. The van der Waals surface area contributed by atoms with Gasteiger partial charge >= 0.3 is 12.1 Å². The normalized spacial score (nSPS) is 11.4. The van der Waals surface area contributed by atoms with Crippen LogP contribution >= 0.6 is 11.5 Å². The second-order valence-electron chi connectivity index (χ2n) is 8.99. The van der Waals surface area contributed by atoms with Gasteiger partial charge in [-0.15, -0.1) is 0 Å². The van der Waals surface area contributed by atoms with Gasteiger partial charge < -0.3 is 20.1 Å². The topological polar surface area (TPSA) is 107 Å². The summed E-state index contributed by atoms with van der Waals surface area (Å²) < 4.78 is 29.4. The quantitative estimate of drug-likeness (QED) is 0.254. The number of benzene rings is 3. The van der Waals surface area contributed by atoms with Crippen molar-refractivity contribution in [3.05, 3.63) is 112 Å². The molecule has 0 aliphatic rings. The molecule has 0 aliphatic heterocycles. The minimum Gasteiger partial charge on any atom is -0.459 e. The summed E-state index contributed by atoms with van der Waals surface area (Å²) in [5.74, 6) is -1.98. The number of nitrogens with zero attached hydrogens (tertiary/aromatic N) is 1. The number of carbonyl (C=O) groups excluding carboxylic acids is 3. The van der Waals surface area contributed by atoms with Crippen LogP contribution in [-0.2, 0) is 27.5 Å². The summed E-state index contributed by atoms with van der Waals surface area (Å²) >= 11 is 1.30. The van der Waals surface area contributed by atoms with Gasteiger partial charge in [0, 0.05) is 22.5 Å². The lowest BCUT2D eigenvalue weighted by Gasteiger charge is -2.18. The number of esters is 1. The largest absolute Gasteiger partial charge is 0.459 e. The summed E-state index contributed by atoms with van der Waals surface area (Å²) in [5.41, 5.74) is 3.61. The maximum atomic E-state index is 14.5. The van der Waals surface area contributed by atoms with E-state index in [1.807, 2.05) is 50.2 Å². The Labute approximate surface area is 235 Å². The fourth-order valence-corrected chi connectivity index (χ4v) is 4.71. The number of carbonyl (C=O) groups is 3. The highest BCUT2D eigenvalue weighted by atomic mass is 32.1. The van der Waals surface area contributed by atoms with Crippen LogP contribution in [0.4, 0.5) is 9.18 Å². The summed E-state index contributed by atoms with van der Waals surface area (Å²) in [6.07, 6.45) is -0.858. The molecule has 0 spiro atoms. The molecule has 3 aromatic carbocycles. The van der Waals surface area contributed by atoms with Crippen LogP contribution < -0.4 is 10.6 Å². The van der Waals surface area contributed by atoms with Gasteiger partial charge in [0.2, 0.25) is 0 Å². The molecule has 0 saturated carbocycles. The van der Waals surface area contributed by atoms with E-state index in [1.165, 1.54) is 17.6 Å². The summed E-state index contributed by atoms with van der Waals surface area (Å²) in [6, 6.07) is 20.8.